The molecule has 14 rings (SSSR count). The molecular formula is C61H40BrNO4. The first-order valence-electron chi connectivity index (χ1n) is 22.2. The van der Waals surface area contributed by atoms with E-state index < -0.39 is 0 Å². The highest BCUT2D eigenvalue weighted by atomic mass is 79.9. The Morgan fingerprint density at radius 1 is 0.284 bits per heavy atom. The molecule has 2 N–H and O–H groups in total. The SMILES string of the molecule is Brc1ccc2oc3ccccc3c2c1.Nc1ccc(-c2ccc3oc4ccccc4c3c2)cc1.c1ccc2c(c1)oc1ccc(Cc3ccc(-c4ccc5oc6ccccc6c5c4)cc3)cc12. The normalized spacial score (nSPS) is 11.5. The van der Waals surface area contributed by atoms with E-state index in [0.29, 0.717) is 0 Å². The first-order valence-corrected chi connectivity index (χ1v) is 23.0. The summed E-state index contributed by atoms with van der Waals surface area (Å²) in [7, 11) is 0. The third-order valence-corrected chi connectivity index (χ3v) is 13.0. The number of furan rings is 4. The molecule has 10 aromatic carbocycles. The molecule has 0 aliphatic rings. The number of benzene rings is 10. The Hall–Kier alpha value is -8.32. The Morgan fingerprint density at radius 2 is 0.612 bits per heavy atom. The van der Waals surface area contributed by atoms with Crippen molar-refractivity contribution in [3.63, 3.8) is 0 Å². The zero-order valence-electron chi connectivity index (χ0n) is 36.1. The van der Waals surface area contributed by atoms with Crippen molar-refractivity contribution < 1.29 is 17.7 Å². The van der Waals surface area contributed by atoms with E-state index in [9.17, 15) is 0 Å². The zero-order chi connectivity index (χ0) is 44.8. The van der Waals surface area contributed by atoms with Crippen LogP contribution in [-0.4, -0.2) is 0 Å². The third kappa shape index (κ3) is 7.77. The molecule has 0 spiro atoms. The van der Waals surface area contributed by atoms with Crippen LogP contribution in [0.4, 0.5) is 5.69 Å². The molecule has 67 heavy (non-hydrogen) atoms. The second-order valence-corrected chi connectivity index (χ2v) is 17.7. The van der Waals surface area contributed by atoms with Crippen LogP contribution in [0.1, 0.15) is 11.1 Å². The molecule has 6 heteroatoms. The molecule has 0 saturated carbocycles. The molecular weight excluding hydrogens is 891 g/mol. The summed E-state index contributed by atoms with van der Waals surface area (Å²) >= 11 is 3.46. The third-order valence-electron chi connectivity index (χ3n) is 12.5. The number of rotatable bonds is 4. The average molecular weight is 931 g/mol. The number of nitrogen functional groups attached to an aromatic ring is 1. The molecule has 0 saturated heterocycles. The van der Waals surface area contributed by atoms with Crippen LogP contribution in [-0.2, 0) is 6.42 Å². The van der Waals surface area contributed by atoms with Gasteiger partial charge in [0.25, 0.3) is 0 Å². The topological polar surface area (TPSA) is 78.6 Å². The number of nitrogens with two attached hydrogens (primary N) is 1. The first-order chi connectivity index (χ1) is 33.0. The molecule has 320 valence electrons. The smallest absolute Gasteiger partial charge is 0.135 e. The minimum atomic E-state index is 0.781. The maximum absolute atomic E-state index is 5.97. The minimum absolute atomic E-state index is 0.781. The minimum Gasteiger partial charge on any atom is -0.456 e. The van der Waals surface area contributed by atoms with E-state index in [1.165, 1.54) is 44.0 Å². The molecule has 14 aromatic rings. The maximum Gasteiger partial charge on any atom is 0.135 e. The van der Waals surface area contributed by atoms with E-state index in [2.05, 4.69) is 131 Å². The van der Waals surface area contributed by atoms with Crippen LogP contribution in [0.3, 0.4) is 0 Å². The summed E-state index contributed by atoms with van der Waals surface area (Å²) in [6.45, 7) is 0. The molecule has 4 heterocycles. The highest BCUT2D eigenvalue weighted by Gasteiger charge is 2.12. The molecule has 0 amide bonds. The lowest BCUT2D eigenvalue weighted by Gasteiger charge is -2.06. The summed E-state index contributed by atoms with van der Waals surface area (Å²) in [6, 6.07) is 74.7. The first kappa shape index (κ1) is 40.2. The Morgan fingerprint density at radius 3 is 1.07 bits per heavy atom. The van der Waals surface area contributed by atoms with Crippen molar-refractivity contribution in [3.8, 4) is 22.3 Å². The van der Waals surface area contributed by atoms with Gasteiger partial charge in [-0.3, -0.25) is 0 Å². The Labute approximate surface area is 393 Å². The summed E-state index contributed by atoms with van der Waals surface area (Å²) in [5.41, 5.74) is 21.3. The standard InChI is InChI=1S/C31H20O2.C18H13NO.C12H7BrO/c1-3-7-28-24(5-1)26-18-21(11-15-30(26)32-28)17-20-9-12-22(13-10-20)23-14-16-31-27(19-23)25-6-2-4-8-29(25)33-31;19-14-8-5-12(6-9-14)13-7-10-18-16(11-13)15-3-1-2-4-17(15)20-18;13-8-5-6-12-10(7-8)9-3-1-2-4-11(9)14-12/h1-16,18-19H,17H2;1-11H,19H2;1-7H. The lowest BCUT2D eigenvalue weighted by Crippen LogP contribution is -1.88. The fourth-order valence-corrected chi connectivity index (χ4v) is 9.48. The average Bonchev–Trinajstić information content (AvgIpc) is 4.14. The van der Waals surface area contributed by atoms with E-state index in [1.807, 2.05) is 103 Å². The van der Waals surface area contributed by atoms with E-state index >= 15 is 0 Å². The molecule has 0 unspecified atom stereocenters. The lowest BCUT2D eigenvalue weighted by molar-refractivity contribution is 0.668. The van der Waals surface area contributed by atoms with Gasteiger partial charge in [0.05, 0.1) is 0 Å². The van der Waals surface area contributed by atoms with Crippen molar-refractivity contribution >= 4 is 109 Å². The lowest BCUT2D eigenvalue weighted by atomic mass is 9.98. The second-order valence-electron chi connectivity index (χ2n) is 16.8. The Balaban J connectivity index is 0.000000116. The van der Waals surface area contributed by atoms with Crippen LogP contribution in [0.15, 0.2) is 241 Å². The molecule has 5 nitrogen and oxygen atoms in total. The molecule has 4 aromatic heterocycles. The quantitative estimate of drug-likeness (QED) is 0.178. The van der Waals surface area contributed by atoms with Gasteiger partial charge in [0.15, 0.2) is 0 Å². The maximum atomic E-state index is 5.97. The van der Waals surface area contributed by atoms with Crippen molar-refractivity contribution in [2.24, 2.45) is 0 Å². The van der Waals surface area contributed by atoms with Crippen LogP contribution in [0.25, 0.3) is 110 Å². The van der Waals surface area contributed by atoms with Gasteiger partial charge < -0.3 is 23.4 Å². The van der Waals surface area contributed by atoms with Gasteiger partial charge in [-0.15, -0.1) is 0 Å². The Bertz CT molecular complexity index is 4100. The van der Waals surface area contributed by atoms with Gasteiger partial charge in [-0.1, -0.05) is 143 Å². The van der Waals surface area contributed by atoms with Gasteiger partial charge in [-0.25, -0.2) is 0 Å². The van der Waals surface area contributed by atoms with Crippen LogP contribution >= 0.6 is 15.9 Å². The monoisotopic (exact) mass is 929 g/mol. The number of anilines is 1. The number of hydrogen-bond acceptors (Lipinski definition) is 5. The summed E-state index contributed by atoms with van der Waals surface area (Å²) in [5.74, 6) is 0. The second kappa shape index (κ2) is 16.9. The van der Waals surface area contributed by atoms with Crippen molar-refractivity contribution in [1.82, 2.24) is 0 Å². The van der Waals surface area contributed by atoms with Gasteiger partial charge in [0.2, 0.25) is 0 Å². The fraction of sp³-hybridized carbons (Fsp3) is 0.0164. The van der Waals surface area contributed by atoms with Crippen molar-refractivity contribution in [3.05, 3.63) is 234 Å². The van der Waals surface area contributed by atoms with Gasteiger partial charge in [0.1, 0.15) is 44.7 Å². The fourth-order valence-electron chi connectivity index (χ4n) is 9.12. The zero-order valence-corrected chi connectivity index (χ0v) is 37.7. The van der Waals surface area contributed by atoms with Gasteiger partial charge >= 0.3 is 0 Å². The predicted octanol–water partition coefficient (Wildman–Crippen LogP) is 17.9. The van der Waals surface area contributed by atoms with Crippen molar-refractivity contribution in [2.75, 3.05) is 5.73 Å². The Kier molecular flexibility index (Phi) is 10.1. The van der Waals surface area contributed by atoms with Gasteiger partial charge in [-0.05, 0) is 131 Å². The number of halogens is 1. The molecule has 0 fully saturated rings. The number of para-hydroxylation sites is 4. The number of fused-ring (bicyclic) bond motifs is 12. The summed E-state index contributed by atoms with van der Waals surface area (Å²) in [5, 5.41) is 9.31. The van der Waals surface area contributed by atoms with Crippen LogP contribution in [0, 0.1) is 0 Å². The van der Waals surface area contributed by atoms with E-state index in [4.69, 9.17) is 23.4 Å². The summed E-state index contributed by atoms with van der Waals surface area (Å²) < 4.78 is 24.5. The van der Waals surface area contributed by atoms with E-state index in [-0.39, 0.29) is 0 Å². The van der Waals surface area contributed by atoms with Gasteiger partial charge in [0, 0.05) is 53.2 Å². The molecule has 0 radical (unpaired) electrons. The van der Waals surface area contributed by atoms with Crippen LogP contribution in [0.2, 0.25) is 0 Å². The van der Waals surface area contributed by atoms with E-state index in [0.717, 1.165) is 93.7 Å². The van der Waals surface area contributed by atoms with Crippen LogP contribution in [0.5, 0.6) is 0 Å². The van der Waals surface area contributed by atoms with E-state index in [1.54, 1.807) is 0 Å². The van der Waals surface area contributed by atoms with Gasteiger partial charge in [-0.2, -0.15) is 0 Å². The summed E-state index contributed by atoms with van der Waals surface area (Å²) in [4.78, 5) is 0. The largest absolute Gasteiger partial charge is 0.456 e. The summed E-state index contributed by atoms with van der Waals surface area (Å²) in [6.07, 6.45) is 0.890. The van der Waals surface area contributed by atoms with Crippen LogP contribution < -0.4 is 5.73 Å². The highest BCUT2D eigenvalue weighted by Crippen LogP contribution is 2.35. The van der Waals surface area contributed by atoms with Crippen molar-refractivity contribution in [1.29, 1.82) is 0 Å². The number of hydrogen-bond donors (Lipinski definition) is 1. The predicted molar refractivity (Wildman–Crippen MR) is 281 cm³/mol. The highest BCUT2D eigenvalue weighted by molar-refractivity contribution is 9.10. The molecule has 0 atom stereocenters. The molecule has 0 bridgehead atoms. The van der Waals surface area contributed by atoms with Crippen molar-refractivity contribution in [2.45, 2.75) is 6.42 Å². The molecule has 0 aliphatic carbocycles. The molecule has 0 aliphatic heterocycles.